The van der Waals surface area contributed by atoms with Gasteiger partial charge >= 0.3 is 5.97 Å². The Morgan fingerprint density at radius 3 is 2.84 bits per heavy atom. The lowest BCUT2D eigenvalue weighted by atomic mass is 9.89. The first kappa shape index (κ1) is 13.8. The van der Waals surface area contributed by atoms with Crippen molar-refractivity contribution in [2.75, 3.05) is 20.7 Å². The lowest BCUT2D eigenvalue weighted by Gasteiger charge is -2.17. The van der Waals surface area contributed by atoms with E-state index in [-0.39, 0.29) is 11.8 Å². The molecule has 1 heterocycles. The Balaban J connectivity index is 2.33. The molecule has 0 bridgehead atoms. The third-order valence-corrected chi connectivity index (χ3v) is 3.95. The average molecular weight is 279 g/mol. The Hall–Kier alpha value is -1.62. The smallest absolute Gasteiger partial charge is 0.348 e. The maximum Gasteiger partial charge on any atom is 0.348 e. The summed E-state index contributed by atoms with van der Waals surface area (Å²) in [7, 11) is 3.79. The molecule has 19 heavy (non-hydrogen) atoms. The SMILES string of the molecule is CCOC(=O)c1scc2c1CC/C(=C/N(C)C)C2=O. The van der Waals surface area contributed by atoms with Crippen LogP contribution in [0.5, 0.6) is 0 Å². The summed E-state index contributed by atoms with van der Waals surface area (Å²) in [5.41, 5.74) is 2.31. The van der Waals surface area contributed by atoms with Gasteiger partial charge in [-0.15, -0.1) is 11.3 Å². The first-order chi connectivity index (χ1) is 9.04. The molecule has 1 aliphatic rings. The minimum Gasteiger partial charge on any atom is -0.462 e. The molecule has 102 valence electrons. The standard InChI is InChI=1S/C14H17NO3S/c1-4-18-14(17)13-10-6-5-9(7-15(2)3)12(16)11(10)8-19-13/h7-8H,4-6H2,1-3H3/b9-7-. The van der Waals surface area contributed by atoms with Crippen molar-refractivity contribution in [3.63, 3.8) is 0 Å². The Morgan fingerprint density at radius 2 is 2.21 bits per heavy atom. The van der Waals surface area contributed by atoms with E-state index >= 15 is 0 Å². The Labute approximate surface area is 116 Å². The number of thiophene rings is 1. The topological polar surface area (TPSA) is 46.6 Å². The van der Waals surface area contributed by atoms with Crippen LogP contribution in [0.1, 0.15) is 38.9 Å². The molecule has 0 amide bonds. The number of Topliss-reactive ketones (excluding diaryl/α,β-unsaturated/α-hetero) is 1. The Kier molecular flexibility index (Phi) is 4.04. The van der Waals surface area contributed by atoms with Crippen molar-refractivity contribution >= 4 is 23.1 Å². The number of fused-ring (bicyclic) bond motifs is 1. The molecule has 1 aromatic heterocycles. The van der Waals surface area contributed by atoms with E-state index in [9.17, 15) is 9.59 Å². The van der Waals surface area contributed by atoms with Crippen LogP contribution in [0.2, 0.25) is 0 Å². The first-order valence-corrected chi connectivity index (χ1v) is 7.11. The van der Waals surface area contributed by atoms with Crippen molar-refractivity contribution in [2.24, 2.45) is 0 Å². The molecule has 5 heteroatoms. The van der Waals surface area contributed by atoms with Gasteiger partial charge in [-0.05, 0) is 25.3 Å². The number of allylic oxidation sites excluding steroid dienone is 1. The predicted octanol–water partition coefficient (Wildman–Crippen LogP) is 2.50. The average Bonchev–Trinajstić information content (AvgIpc) is 2.77. The summed E-state index contributed by atoms with van der Waals surface area (Å²) < 4.78 is 5.02. The molecule has 0 aromatic carbocycles. The second-order valence-electron chi connectivity index (χ2n) is 4.62. The predicted molar refractivity (Wildman–Crippen MR) is 74.7 cm³/mol. The Morgan fingerprint density at radius 1 is 1.47 bits per heavy atom. The van der Waals surface area contributed by atoms with Gasteiger partial charge in [0.15, 0.2) is 5.78 Å². The van der Waals surface area contributed by atoms with Crippen LogP contribution in [0.15, 0.2) is 17.2 Å². The van der Waals surface area contributed by atoms with Crippen LogP contribution in [-0.4, -0.2) is 37.4 Å². The van der Waals surface area contributed by atoms with Crippen molar-refractivity contribution in [1.82, 2.24) is 4.90 Å². The van der Waals surface area contributed by atoms with Crippen LogP contribution < -0.4 is 0 Å². The molecule has 0 atom stereocenters. The molecule has 0 fully saturated rings. The molecule has 2 rings (SSSR count). The summed E-state index contributed by atoms with van der Waals surface area (Å²) in [6.45, 7) is 2.13. The third kappa shape index (κ3) is 2.71. The van der Waals surface area contributed by atoms with E-state index in [0.29, 0.717) is 23.5 Å². The van der Waals surface area contributed by atoms with Gasteiger partial charge in [0.1, 0.15) is 4.88 Å². The van der Waals surface area contributed by atoms with Crippen molar-refractivity contribution in [2.45, 2.75) is 19.8 Å². The number of esters is 1. The number of ether oxygens (including phenoxy) is 1. The molecule has 0 saturated carbocycles. The first-order valence-electron chi connectivity index (χ1n) is 6.24. The molecule has 0 aliphatic heterocycles. The summed E-state index contributed by atoms with van der Waals surface area (Å²) in [6, 6.07) is 0. The number of carbonyl (C=O) groups is 2. The zero-order valence-corrected chi connectivity index (χ0v) is 12.2. The van der Waals surface area contributed by atoms with Crippen LogP contribution in [0.25, 0.3) is 0 Å². The van der Waals surface area contributed by atoms with E-state index in [2.05, 4.69) is 0 Å². The van der Waals surface area contributed by atoms with E-state index < -0.39 is 0 Å². The fourth-order valence-corrected chi connectivity index (χ4v) is 3.16. The second kappa shape index (κ2) is 5.57. The quantitative estimate of drug-likeness (QED) is 0.630. The molecular formula is C14H17NO3S. The third-order valence-electron chi connectivity index (χ3n) is 2.95. The van der Waals surface area contributed by atoms with Gasteiger partial charge in [-0.3, -0.25) is 4.79 Å². The van der Waals surface area contributed by atoms with Gasteiger partial charge in [0.25, 0.3) is 0 Å². The van der Waals surface area contributed by atoms with Crippen LogP contribution in [0.4, 0.5) is 0 Å². The van der Waals surface area contributed by atoms with Gasteiger partial charge in [0.2, 0.25) is 0 Å². The highest BCUT2D eigenvalue weighted by atomic mass is 32.1. The highest BCUT2D eigenvalue weighted by molar-refractivity contribution is 7.12. The van der Waals surface area contributed by atoms with Crippen LogP contribution in [0, 0.1) is 0 Å². The van der Waals surface area contributed by atoms with Crippen LogP contribution in [0.3, 0.4) is 0 Å². The lowest BCUT2D eigenvalue weighted by molar-refractivity contribution is 0.0531. The Bertz CT molecular complexity index is 543. The van der Waals surface area contributed by atoms with Crippen molar-refractivity contribution in [1.29, 1.82) is 0 Å². The highest BCUT2D eigenvalue weighted by Crippen LogP contribution is 2.32. The fraction of sp³-hybridized carbons (Fsp3) is 0.429. The number of hydrogen-bond acceptors (Lipinski definition) is 5. The largest absolute Gasteiger partial charge is 0.462 e. The van der Waals surface area contributed by atoms with Gasteiger partial charge in [0, 0.05) is 36.8 Å². The van der Waals surface area contributed by atoms with E-state index in [4.69, 9.17) is 4.74 Å². The summed E-state index contributed by atoms with van der Waals surface area (Å²) in [5.74, 6) is -0.289. The van der Waals surface area contributed by atoms with Gasteiger partial charge in [-0.1, -0.05) is 0 Å². The molecule has 4 nitrogen and oxygen atoms in total. The van der Waals surface area contributed by atoms with E-state index in [1.165, 1.54) is 11.3 Å². The van der Waals surface area contributed by atoms with Crippen molar-refractivity contribution in [3.05, 3.63) is 33.2 Å². The molecule has 1 aliphatic carbocycles. The maximum atomic E-state index is 12.3. The second-order valence-corrected chi connectivity index (χ2v) is 5.50. The van der Waals surface area contributed by atoms with Crippen LogP contribution >= 0.6 is 11.3 Å². The number of rotatable bonds is 3. The van der Waals surface area contributed by atoms with Gasteiger partial charge in [-0.25, -0.2) is 4.79 Å². The molecule has 0 spiro atoms. The highest BCUT2D eigenvalue weighted by Gasteiger charge is 2.28. The van der Waals surface area contributed by atoms with E-state index in [0.717, 1.165) is 17.6 Å². The normalized spacial score (nSPS) is 16.4. The number of nitrogens with zero attached hydrogens (tertiary/aromatic N) is 1. The van der Waals surface area contributed by atoms with Gasteiger partial charge < -0.3 is 9.64 Å². The lowest BCUT2D eigenvalue weighted by Crippen LogP contribution is -2.17. The zero-order valence-electron chi connectivity index (χ0n) is 11.4. The summed E-state index contributed by atoms with van der Waals surface area (Å²) in [5, 5.41) is 1.77. The van der Waals surface area contributed by atoms with Crippen molar-refractivity contribution in [3.8, 4) is 0 Å². The molecule has 0 radical (unpaired) electrons. The summed E-state index contributed by atoms with van der Waals surface area (Å²) in [4.78, 5) is 26.6. The summed E-state index contributed by atoms with van der Waals surface area (Å²) in [6.07, 6.45) is 3.25. The monoisotopic (exact) mass is 279 g/mol. The minimum absolute atomic E-state index is 0.0294. The zero-order chi connectivity index (χ0) is 14.0. The van der Waals surface area contributed by atoms with Gasteiger partial charge in [0.05, 0.1) is 6.61 Å². The van der Waals surface area contributed by atoms with E-state index in [1.807, 2.05) is 25.2 Å². The molecule has 1 aromatic rings. The fourth-order valence-electron chi connectivity index (χ4n) is 2.17. The van der Waals surface area contributed by atoms with Gasteiger partial charge in [-0.2, -0.15) is 0 Å². The number of hydrogen-bond donors (Lipinski definition) is 0. The molecule has 0 saturated heterocycles. The molecular weight excluding hydrogens is 262 g/mol. The van der Waals surface area contributed by atoms with Crippen molar-refractivity contribution < 1.29 is 14.3 Å². The minimum atomic E-state index is -0.318. The molecule has 0 unspecified atom stereocenters. The number of ketones is 1. The van der Waals surface area contributed by atoms with E-state index in [1.54, 1.807) is 12.3 Å². The number of carbonyl (C=O) groups excluding carboxylic acids is 2. The van der Waals surface area contributed by atoms with Crippen LogP contribution in [-0.2, 0) is 11.2 Å². The molecule has 0 N–H and O–H groups in total. The summed E-state index contributed by atoms with van der Waals surface area (Å²) >= 11 is 1.30. The maximum absolute atomic E-state index is 12.3.